The summed E-state index contributed by atoms with van der Waals surface area (Å²) in [4.78, 5) is 2.49. The van der Waals surface area contributed by atoms with Crippen LogP contribution in [0.2, 0.25) is 13.1 Å². The summed E-state index contributed by atoms with van der Waals surface area (Å²) in [5.41, 5.74) is 9.11. The van der Waals surface area contributed by atoms with E-state index in [2.05, 4.69) is 206 Å². The average Bonchev–Trinajstić information content (AvgIpc) is 3.83. The van der Waals surface area contributed by atoms with Gasteiger partial charge in [0.2, 0.25) is 0 Å². The molecule has 1 aromatic heterocycles. The van der Waals surface area contributed by atoms with Crippen LogP contribution < -0.4 is 36.0 Å². The van der Waals surface area contributed by atoms with Gasteiger partial charge in [-0.05, 0) is 95.8 Å². The van der Waals surface area contributed by atoms with Crippen LogP contribution in [0.1, 0.15) is 0 Å². The number of rotatable bonds is 5. The number of nitrogens with zero attached hydrogens (tertiary/aromatic N) is 1. The molecule has 54 heavy (non-hydrogen) atoms. The summed E-state index contributed by atoms with van der Waals surface area (Å²) >= 11 is 1.95. The van der Waals surface area contributed by atoms with Crippen molar-refractivity contribution in [2.45, 2.75) is 13.1 Å². The Balaban J connectivity index is 1.21. The van der Waals surface area contributed by atoms with Gasteiger partial charge in [0.15, 0.2) is 8.07 Å². The van der Waals surface area contributed by atoms with Crippen LogP contribution in [0, 0.1) is 0 Å². The van der Waals surface area contributed by atoms with E-state index in [9.17, 15) is 0 Å². The number of thiophene rings is 1. The maximum absolute atomic E-state index is 2.77. The van der Waals surface area contributed by atoms with E-state index in [1.54, 1.807) is 0 Å². The third-order valence-electron chi connectivity index (χ3n) is 12.1. The van der Waals surface area contributed by atoms with Crippen LogP contribution in [0.3, 0.4) is 0 Å². The molecule has 0 radical (unpaired) electrons. The Morgan fingerprint density at radius 1 is 0.407 bits per heavy atom. The molecule has 3 heterocycles. The van der Waals surface area contributed by atoms with Crippen molar-refractivity contribution in [3.05, 3.63) is 188 Å². The van der Waals surface area contributed by atoms with Crippen molar-refractivity contribution >= 4 is 95.8 Å². The van der Waals surface area contributed by atoms with E-state index < -0.39 is 16.1 Å². The SMILES string of the molecule is C[Si]1(C)c2ccccc2-c2cc(N(c3ccccc3)c3ccc4c(c3)[Si](c3ccccc3)(c3ccccc3)c3ccc5c(sc6ccccc65)c3-4)ccc21. The number of anilines is 3. The predicted octanol–water partition coefficient (Wildman–Crippen LogP) is 9.69. The van der Waals surface area contributed by atoms with Crippen molar-refractivity contribution in [2.24, 2.45) is 0 Å². The lowest BCUT2D eigenvalue weighted by Crippen LogP contribution is -2.72. The molecule has 8 aromatic carbocycles. The summed E-state index contributed by atoms with van der Waals surface area (Å²) < 4.78 is 2.74. The smallest absolute Gasteiger partial charge is 0.181 e. The minimum atomic E-state index is -2.77. The Labute approximate surface area is 322 Å². The van der Waals surface area contributed by atoms with Crippen LogP contribution in [0.25, 0.3) is 42.4 Å². The average molecular weight is 740 g/mol. The number of benzene rings is 8. The Hall–Kier alpha value is -5.79. The molecular weight excluding hydrogens is 703 g/mol. The van der Waals surface area contributed by atoms with Crippen molar-refractivity contribution < 1.29 is 0 Å². The molecule has 0 fully saturated rings. The van der Waals surface area contributed by atoms with Crippen LogP contribution in [0.4, 0.5) is 17.1 Å². The molecule has 0 atom stereocenters. The normalized spacial score (nSPS) is 14.4. The zero-order chi connectivity index (χ0) is 36.0. The maximum Gasteiger partial charge on any atom is 0.181 e. The van der Waals surface area contributed by atoms with E-state index in [4.69, 9.17) is 0 Å². The van der Waals surface area contributed by atoms with Gasteiger partial charge in [-0.1, -0.05) is 159 Å². The van der Waals surface area contributed by atoms with Gasteiger partial charge >= 0.3 is 0 Å². The molecule has 0 unspecified atom stereocenters. The van der Waals surface area contributed by atoms with Crippen molar-refractivity contribution in [3.63, 3.8) is 0 Å². The van der Waals surface area contributed by atoms with Gasteiger partial charge in [0.25, 0.3) is 0 Å². The Kier molecular flexibility index (Phi) is 6.96. The Morgan fingerprint density at radius 3 is 1.76 bits per heavy atom. The Bertz CT molecular complexity index is 2880. The lowest BCUT2D eigenvalue weighted by atomic mass is 10.0. The fourth-order valence-corrected chi connectivity index (χ4v) is 19.4. The van der Waals surface area contributed by atoms with Crippen LogP contribution in [-0.2, 0) is 0 Å². The largest absolute Gasteiger partial charge is 0.310 e. The predicted molar refractivity (Wildman–Crippen MR) is 239 cm³/mol. The van der Waals surface area contributed by atoms with Gasteiger partial charge in [-0.25, -0.2) is 0 Å². The van der Waals surface area contributed by atoms with Gasteiger partial charge in [0, 0.05) is 37.2 Å². The van der Waals surface area contributed by atoms with Gasteiger partial charge in [0.05, 0.1) is 0 Å². The van der Waals surface area contributed by atoms with Crippen molar-refractivity contribution in [1.29, 1.82) is 0 Å². The first-order valence-corrected chi connectivity index (χ1v) is 24.7. The van der Waals surface area contributed by atoms with E-state index in [1.165, 1.54) is 84.9 Å². The van der Waals surface area contributed by atoms with Crippen LogP contribution in [0.5, 0.6) is 0 Å². The summed E-state index contributed by atoms with van der Waals surface area (Å²) in [5, 5.41) is 11.5. The minimum absolute atomic E-state index is 1.16. The summed E-state index contributed by atoms with van der Waals surface area (Å²) in [6.07, 6.45) is 0. The Morgan fingerprint density at radius 2 is 1.00 bits per heavy atom. The molecule has 4 heteroatoms. The van der Waals surface area contributed by atoms with E-state index in [-0.39, 0.29) is 0 Å². The first-order valence-electron chi connectivity index (χ1n) is 18.9. The molecule has 0 saturated carbocycles. The van der Waals surface area contributed by atoms with E-state index in [0.29, 0.717) is 0 Å². The standard InChI is InChI=1S/C50H37NSSi2/c1-53(2)45-25-15-13-23-40(45)43-32-35(27-30-46(43)53)51(34-16-6-3-7-17-34)36-26-28-42-48(33-36)54(37-18-8-4-9-19-37,38-20-10-5-11-21-38)47-31-29-41-39-22-12-14-24-44(39)52-50(41)49(42)47/h3-33H,1-2H3. The highest BCUT2D eigenvalue weighted by molar-refractivity contribution is 7.28. The molecule has 0 N–H and O–H groups in total. The third-order valence-corrected chi connectivity index (χ3v) is 21.8. The quantitative estimate of drug-likeness (QED) is 0.159. The van der Waals surface area contributed by atoms with Gasteiger partial charge in [0.1, 0.15) is 8.07 Å². The second kappa shape index (κ2) is 11.9. The number of hydrogen-bond acceptors (Lipinski definition) is 2. The molecule has 0 saturated heterocycles. The minimum Gasteiger partial charge on any atom is -0.310 e. The highest BCUT2D eigenvalue weighted by atomic mass is 32.1. The van der Waals surface area contributed by atoms with Gasteiger partial charge in [-0.3, -0.25) is 0 Å². The zero-order valence-corrected chi connectivity index (χ0v) is 33.1. The number of para-hydroxylation sites is 1. The molecule has 1 nitrogen and oxygen atoms in total. The van der Waals surface area contributed by atoms with Crippen molar-refractivity contribution in [2.75, 3.05) is 4.90 Å². The monoisotopic (exact) mass is 739 g/mol. The summed E-state index contributed by atoms with van der Waals surface area (Å²) in [6.45, 7) is 4.99. The summed E-state index contributed by atoms with van der Waals surface area (Å²) in [6, 6.07) is 71.3. The third kappa shape index (κ3) is 4.36. The van der Waals surface area contributed by atoms with Crippen LogP contribution >= 0.6 is 11.3 Å². The van der Waals surface area contributed by atoms with E-state index in [0.717, 1.165) is 5.69 Å². The van der Waals surface area contributed by atoms with E-state index >= 15 is 0 Å². The van der Waals surface area contributed by atoms with Gasteiger partial charge in [-0.2, -0.15) is 0 Å². The second-order valence-corrected chi connectivity index (χ2v) is 24.4. The molecule has 11 rings (SSSR count). The second-order valence-electron chi connectivity index (χ2n) is 15.2. The van der Waals surface area contributed by atoms with Gasteiger partial charge < -0.3 is 4.90 Å². The number of fused-ring (bicyclic) bond motifs is 10. The molecular formula is C50H37NSSi2. The van der Waals surface area contributed by atoms with Crippen molar-refractivity contribution in [3.8, 4) is 22.3 Å². The molecule has 2 aliphatic heterocycles. The molecule has 9 aromatic rings. The molecule has 0 bridgehead atoms. The lowest BCUT2D eigenvalue weighted by molar-refractivity contribution is 1.29. The zero-order valence-electron chi connectivity index (χ0n) is 30.3. The number of hydrogen-bond donors (Lipinski definition) is 0. The molecule has 256 valence electrons. The van der Waals surface area contributed by atoms with Crippen molar-refractivity contribution in [1.82, 2.24) is 0 Å². The highest BCUT2D eigenvalue weighted by Crippen LogP contribution is 2.44. The fraction of sp³-hybridized carbons (Fsp3) is 0.0400. The summed E-state index contributed by atoms with van der Waals surface area (Å²) in [5.74, 6) is 0. The maximum atomic E-state index is 2.56. The molecule has 0 amide bonds. The molecule has 2 aliphatic rings. The molecule has 0 spiro atoms. The first-order chi connectivity index (χ1) is 26.5. The van der Waals surface area contributed by atoms with Crippen LogP contribution in [0.15, 0.2) is 188 Å². The topological polar surface area (TPSA) is 3.24 Å². The lowest BCUT2D eigenvalue weighted by Gasteiger charge is -2.33. The van der Waals surface area contributed by atoms with Gasteiger partial charge in [-0.15, -0.1) is 11.3 Å². The van der Waals surface area contributed by atoms with E-state index in [1.807, 2.05) is 11.3 Å². The highest BCUT2D eigenvalue weighted by Gasteiger charge is 2.50. The van der Waals surface area contributed by atoms with Crippen LogP contribution in [-0.4, -0.2) is 16.1 Å². The fourth-order valence-electron chi connectivity index (χ4n) is 9.75. The molecule has 0 aliphatic carbocycles. The first kappa shape index (κ1) is 31.7. The summed E-state index contributed by atoms with van der Waals surface area (Å²) in [7, 11) is -4.56.